The van der Waals surface area contributed by atoms with Gasteiger partial charge in [0.25, 0.3) is 0 Å². The molecule has 0 aliphatic heterocycles. The summed E-state index contributed by atoms with van der Waals surface area (Å²) in [4.78, 5) is 0. The summed E-state index contributed by atoms with van der Waals surface area (Å²) < 4.78 is 0. The molecule has 64 valence electrons. The summed E-state index contributed by atoms with van der Waals surface area (Å²) in [6.45, 7) is 8.42. The maximum Gasteiger partial charge on any atom is 0.149 e. The highest BCUT2D eigenvalue weighted by molar-refractivity contribution is 14.1. The van der Waals surface area contributed by atoms with Crippen molar-refractivity contribution in [2.45, 2.75) is 13.1 Å². The quantitative estimate of drug-likeness (QED) is 0.445. The van der Waals surface area contributed by atoms with E-state index in [2.05, 4.69) is 65.7 Å². The maximum absolute atomic E-state index is 3.73. The van der Waals surface area contributed by atoms with Crippen LogP contribution in [0.15, 0.2) is 30.8 Å². The highest BCUT2D eigenvalue weighted by atomic mass is 127. The Balaban J connectivity index is 3.00. The van der Waals surface area contributed by atoms with Crippen molar-refractivity contribution in [3.8, 4) is 0 Å². The van der Waals surface area contributed by atoms with Crippen LogP contribution in [-0.2, 0) is 0 Å². The lowest BCUT2D eigenvalue weighted by Gasteiger charge is -2.13. The topological polar surface area (TPSA) is 0 Å². The summed E-state index contributed by atoms with van der Waals surface area (Å²) >= 11 is 2.58. The van der Waals surface area contributed by atoms with Crippen molar-refractivity contribution in [3.05, 3.63) is 36.4 Å². The van der Waals surface area contributed by atoms with Crippen LogP contribution in [0, 0.1) is 0 Å². The van der Waals surface area contributed by atoms with E-state index < -0.39 is 5.57 Å². The van der Waals surface area contributed by atoms with Gasteiger partial charge in [0.15, 0.2) is 0 Å². The van der Waals surface area contributed by atoms with Gasteiger partial charge in [-0.3, -0.25) is 0 Å². The molecule has 12 heavy (non-hydrogen) atoms. The lowest BCUT2D eigenvalue weighted by molar-refractivity contribution is 1.69. The SMILES string of the molecule is C=Cc1ccc([Si](C)(C)I)cc1. The van der Waals surface area contributed by atoms with Crippen LogP contribution < -0.4 is 5.19 Å². The van der Waals surface area contributed by atoms with Crippen LogP contribution in [0.4, 0.5) is 0 Å². The van der Waals surface area contributed by atoms with Gasteiger partial charge in [-0.05, 0) is 10.8 Å². The van der Waals surface area contributed by atoms with Crippen LogP contribution in [-0.4, -0.2) is 5.57 Å². The lowest BCUT2D eigenvalue weighted by atomic mass is 10.2. The number of rotatable bonds is 2. The number of halogens is 1. The third-order valence-electron chi connectivity index (χ3n) is 1.83. The highest BCUT2D eigenvalue weighted by Crippen LogP contribution is 2.12. The molecule has 0 saturated carbocycles. The van der Waals surface area contributed by atoms with Crippen LogP contribution in [0.5, 0.6) is 0 Å². The van der Waals surface area contributed by atoms with E-state index >= 15 is 0 Å². The Bertz CT molecular complexity index is 269. The van der Waals surface area contributed by atoms with Crippen LogP contribution >= 0.6 is 21.8 Å². The molecule has 0 bridgehead atoms. The predicted molar refractivity (Wildman–Crippen MR) is 67.7 cm³/mol. The molecule has 0 unspecified atom stereocenters. The standard InChI is InChI=1S/C10H13ISi/c1-4-9-5-7-10(8-6-9)12(2,3)11/h4-8H,1H2,2-3H3. The van der Waals surface area contributed by atoms with Gasteiger partial charge in [-0.2, -0.15) is 0 Å². The molecule has 1 rings (SSSR count). The van der Waals surface area contributed by atoms with Crippen molar-refractivity contribution in [2.24, 2.45) is 0 Å². The van der Waals surface area contributed by atoms with E-state index in [4.69, 9.17) is 0 Å². The minimum Gasteiger partial charge on any atom is -0.113 e. The van der Waals surface area contributed by atoms with Crippen LogP contribution in [0.1, 0.15) is 5.56 Å². The van der Waals surface area contributed by atoms with Gasteiger partial charge in [0, 0.05) is 0 Å². The van der Waals surface area contributed by atoms with Gasteiger partial charge in [0.2, 0.25) is 0 Å². The molecule has 0 amide bonds. The van der Waals surface area contributed by atoms with E-state index in [1.807, 2.05) is 6.08 Å². The average Bonchev–Trinajstić information content (AvgIpc) is 2.03. The Morgan fingerprint density at radius 1 is 1.25 bits per heavy atom. The van der Waals surface area contributed by atoms with Crippen LogP contribution in [0.25, 0.3) is 6.08 Å². The summed E-state index contributed by atoms with van der Waals surface area (Å²) in [5, 5.41) is 1.49. The fourth-order valence-electron chi connectivity index (χ4n) is 1.02. The van der Waals surface area contributed by atoms with E-state index in [1.165, 1.54) is 10.8 Å². The first kappa shape index (κ1) is 9.99. The van der Waals surface area contributed by atoms with Crippen LogP contribution in [0.3, 0.4) is 0 Å². The maximum atomic E-state index is 3.73. The van der Waals surface area contributed by atoms with Crippen molar-refractivity contribution in [1.29, 1.82) is 0 Å². The Hall–Kier alpha value is -0.0931. The summed E-state index contributed by atoms with van der Waals surface area (Å²) in [7, 11) is 0. The minimum absolute atomic E-state index is 1.13. The monoisotopic (exact) mass is 288 g/mol. The van der Waals surface area contributed by atoms with Gasteiger partial charge < -0.3 is 0 Å². The molecule has 0 aliphatic carbocycles. The molecule has 0 radical (unpaired) electrons. The summed E-state index contributed by atoms with van der Waals surface area (Å²) in [6, 6.07) is 8.71. The second-order valence-electron chi connectivity index (χ2n) is 3.30. The minimum atomic E-state index is -1.13. The summed E-state index contributed by atoms with van der Waals surface area (Å²) in [6.07, 6.45) is 1.88. The zero-order valence-electron chi connectivity index (χ0n) is 7.47. The smallest absolute Gasteiger partial charge is 0.113 e. The van der Waals surface area contributed by atoms with Gasteiger partial charge in [-0.15, -0.1) is 21.8 Å². The van der Waals surface area contributed by atoms with E-state index in [0.29, 0.717) is 0 Å². The van der Waals surface area contributed by atoms with Crippen molar-refractivity contribution < 1.29 is 0 Å². The van der Waals surface area contributed by atoms with Crippen molar-refractivity contribution >= 4 is 38.6 Å². The number of benzene rings is 1. The third kappa shape index (κ3) is 2.45. The summed E-state index contributed by atoms with van der Waals surface area (Å²) in [5.74, 6) is 0. The normalized spacial score (nSPS) is 11.2. The lowest BCUT2D eigenvalue weighted by Crippen LogP contribution is -2.33. The molecule has 0 fully saturated rings. The van der Waals surface area contributed by atoms with E-state index in [-0.39, 0.29) is 0 Å². The molecule has 0 heterocycles. The zero-order chi connectivity index (χ0) is 9.19. The first-order valence-electron chi connectivity index (χ1n) is 3.96. The molecule has 1 aromatic carbocycles. The zero-order valence-corrected chi connectivity index (χ0v) is 10.6. The highest BCUT2D eigenvalue weighted by Gasteiger charge is 2.17. The number of hydrogen-bond acceptors (Lipinski definition) is 0. The van der Waals surface area contributed by atoms with Gasteiger partial charge in [-0.1, -0.05) is 50.0 Å². The molecule has 0 spiro atoms. The summed E-state index contributed by atoms with van der Waals surface area (Å²) in [5.41, 5.74) is 0.0689. The Kier molecular flexibility index (Phi) is 3.12. The molecule has 1 aromatic rings. The molecule has 0 aromatic heterocycles. The molecular weight excluding hydrogens is 275 g/mol. The first-order chi connectivity index (χ1) is 5.54. The van der Waals surface area contributed by atoms with Gasteiger partial charge in [0.05, 0.1) is 0 Å². The molecule has 0 atom stereocenters. The van der Waals surface area contributed by atoms with Gasteiger partial charge >= 0.3 is 0 Å². The van der Waals surface area contributed by atoms with Gasteiger partial charge in [-0.25, -0.2) is 0 Å². The molecule has 2 heteroatoms. The molecule has 0 aliphatic rings. The molecule has 0 nitrogen and oxygen atoms in total. The largest absolute Gasteiger partial charge is 0.149 e. The van der Waals surface area contributed by atoms with Crippen molar-refractivity contribution in [1.82, 2.24) is 0 Å². The van der Waals surface area contributed by atoms with Crippen molar-refractivity contribution in [2.75, 3.05) is 0 Å². The molecule has 0 N–H and O–H groups in total. The fourth-order valence-corrected chi connectivity index (χ4v) is 3.05. The van der Waals surface area contributed by atoms with E-state index in [0.717, 1.165) is 0 Å². The van der Waals surface area contributed by atoms with E-state index in [1.54, 1.807) is 0 Å². The van der Waals surface area contributed by atoms with Crippen LogP contribution in [0.2, 0.25) is 13.1 Å². The predicted octanol–water partition coefficient (Wildman–Crippen LogP) is 3.18. The second-order valence-corrected chi connectivity index (χ2v) is 14.9. The average molecular weight is 288 g/mol. The third-order valence-corrected chi connectivity index (χ3v) is 5.41. The molecular formula is C10H13ISi. The Morgan fingerprint density at radius 2 is 1.75 bits per heavy atom. The fraction of sp³-hybridized carbons (Fsp3) is 0.200. The Morgan fingerprint density at radius 3 is 2.08 bits per heavy atom. The van der Waals surface area contributed by atoms with E-state index in [9.17, 15) is 0 Å². The molecule has 0 saturated heterocycles. The van der Waals surface area contributed by atoms with Crippen molar-refractivity contribution in [3.63, 3.8) is 0 Å². The second kappa shape index (κ2) is 3.74. The Labute approximate surface area is 87.9 Å². The number of hydrogen-bond donors (Lipinski definition) is 0. The van der Waals surface area contributed by atoms with Gasteiger partial charge in [0.1, 0.15) is 5.57 Å². The first-order valence-corrected chi connectivity index (χ1v) is 10.1.